The van der Waals surface area contributed by atoms with Gasteiger partial charge < -0.3 is 9.73 Å². The lowest BCUT2D eigenvalue weighted by Crippen LogP contribution is -2.16. The Morgan fingerprint density at radius 3 is 2.78 bits per heavy atom. The Hall–Kier alpha value is -1.13. The molecule has 4 heteroatoms. The van der Waals surface area contributed by atoms with Gasteiger partial charge in [0.1, 0.15) is 11.6 Å². The lowest BCUT2D eigenvalue weighted by molar-refractivity contribution is 0.466. The normalized spacial score (nSPS) is 10.8. The Morgan fingerprint density at radius 1 is 1.28 bits per heavy atom. The van der Waals surface area contributed by atoms with Gasteiger partial charge in [0.05, 0.1) is 6.54 Å². The monoisotopic (exact) mass is 311 g/mol. The highest BCUT2D eigenvalue weighted by Crippen LogP contribution is 2.14. The van der Waals surface area contributed by atoms with Crippen molar-refractivity contribution in [1.82, 2.24) is 5.32 Å². The summed E-state index contributed by atoms with van der Waals surface area (Å²) in [5.74, 6) is 0.724. The Kier molecular flexibility index (Phi) is 4.55. The minimum Gasteiger partial charge on any atom is -0.453 e. The molecule has 2 aromatic rings. The molecular weight excluding hydrogens is 297 g/mol. The summed E-state index contributed by atoms with van der Waals surface area (Å²) in [6.45, 7) is 3.47. The van der Waals surface area contributed by atoms with E-state index >= 15 is 0 Å². The van der Waals surface area contributed by atoms with Crippen LogP contribution in [0.2, 0.25) is 0 Å². The van der Waals surface area contributed by atoms with Gasteiger partial charge in [0.25, 0.3) is 0 Å². The van der Waals surface area contributed by atoms with Crippen LogP contribution in [0, 0.1) is 12.7 Å². The molecule has 2 nitrogen and oxygen atoms in total. The molecule has 0 atom stereocenters. The number of nitrogens with one attached hydrogen (secondary N) is 1. The Morgan fingerprint density at radius 2 is 2.11 bits per heavy atom. The van der Waals surface area contributed by atoms with Gasteiger partial charge in [0, 0.05) is 0 Å². The minimum absolute atomic E-state index is 0.176. The van der Waals surface area contributed by atoms with Crippen molar-refractivity contribution in [3.63, 3.8) is 0 Å². The second kappa shape index (κ2) is 6.16. The molecule has 0 aliphatic heterocycles. The number of furan rings is 1. The van der Waals surface area contributed by atoms with E-state index in [1.807, 2.05) is 25.1 Å². The van der Waals surface area contributed by atoms with E-state index in [1.54, 1.807) is 6.07 Å². The van der Waals surface area contributed by atoms with E-state index in [4.69, 9.17) is 4.42 Å². The second-order valence-corrected chi connectivity index (χ2v) is 4.98. The van der Waals surface area contributed by atoms with Crippen molar-refractivity contribution >= 4 is 15.9 Å². The van der Waals surface area contributed by atoms with Crippen LogP contribution in [0.4, 0.5) is 4.39 Å². The van der Waals surface area contributed by atoms with Gasteiger partial charge in [0.2, 0.25) is 0 Å². The molecule has 0 spiro atoms. The first-order chi connectivity index (χ1) is 8.65. The number of halogens is 2. The summed E-state index contributed by atoms with van der Waals surface area (Å²) in [5.41, 5.74) is 2.17. The van der Waals surface area contributed by atoms with Gasteiger partial charge in [-0.15, -0.1) is 0 Å². The summed E-state index contributed by atoms with van der Waals surface area (Å²) in [6, 6.07) is 8.72. The van der Waals surface area contributed by atoms with Crippen molar-refractivity contribution in [2.45, 2.75) is 19.9 Å². The third kappa shape index (κ3) is 3.68. The van der Waals surface area contributed by atoms with E-state index in [1.165, 1.54) is 11.6 Å². The van der Waals surface area contributed by atoms with E-state index in [9.17, 15) is 4.39 Å². The van der Waals surface area contributed by atoms with E-state index in [0.717, 1.165) is 29.0 Å². The quantitative estimate of drug-likeness (QED) is 0.849. The Bertz CT molecular complexity index is 524. The molecule has 96 valence electrons. The molecule has 0 aliphatic carbocycles. The molecule has 0 unspecified atom stereocenters. The highest BCUT2D eigenvalue weighted by atomic mass is 79.9. The topological polar surface area (TPSA) is 25.2 Å². The highest BCUT2D eigenvalue weighted by molar-refractivity contribution is 9.10. The molecule has 2 rings (SSSR count). The van der Waals surface area contributed by atoms with Crippen molar-refractivity contribution in [3.05, 3.63) is 57.7 Å². The fourth-order valence-electron chi connectivity index (χ4n) is 1.82. The van der Waals surface area contributed by atoms with Gasteiger partial charge in [0.15, 0.2) is 4.67 Å². The van der Waals surface area contributed by atoms with Crippen LogP contribution >= 0.6 is 15.9 Å². The number of rotatable bonds is 5. The van der Waals surface area contributed by atoms with E-state index in [0.29, 0.717) is 6.54 Å². The summed E-state index contributed by atoms with van der Waals surface area (Å²) in [7, 11) is 0. The van der Waals surface area contributed by atoms with Crippen LogP contribution in [-0.4, -0.2) is 6.54 Å². The lowest BCUT2D eigenvalue weighted by Gasteiger charge is -2.06. The smallest absolute Gasteiger partial charge is 0.169 e. The summed E-state index contributed by atoms with van der Waals surface area (Å²) < 4.78 is 19.1. The molecule has 1 heterocycles. The third-order valence-corrected chi connectivity index (χ3v) is 3.23. The van der Waals surface area contributed by atoms with Gasteiger partial charge in [-0.25, -0.2) is 4.39 Å². The van der Waals surface area contributed by atoms with Crippen LogP contribution in [0.15, 0.2) is 39.4 Å². The van der Waals surface area contributed by atoms with Crippen molar-refractivity contribution in [1.29, 1.82) is 0 Å². The molecule has 0 amide bonds. The molecule has 1 N–H and O–H groups in total. The summed E-state index contributed by atoms with van der Waals surface area (Å²) >= 11 is 3.26. The van der Waals surface area contributed by atoms with Crippen molar-refractivity contribution in [3.8, 4) is 0 Å². The van der Waals surface area contributed by atoms with Crippen LogP contribution in [0.5, 0.6) is 0 Å². The number of aryl methyl sites for hydroxylation is 1. The SMILES string of the molecule is Cc1cc(F)ccc1CCNCc1ccc(Br)o1. The molecule has 1 aromatic heterocycles. The fourth-order valence-corrected chi connectivity index (χ4v) is 2.16. The molecule has 0 fully saturated rings. The fraction of sp³-hybridized carbons (Fsp3) is 0.286. The van der Waals surface area contributed by atoms with Gasteiger partial charge >= 0.3 is 0 Å². The average Bonchev–Trinajstić information content (AvgIpc) is 2.73. The minimum atomic E-state index is -0.176. The van der Waals surface area contributed by atoms with Crippen LogP contribution in [0.25, 0.3) is 0 Å². The summed E-state index contributed by atoms with van der Waals surface area (Å²) in [6.07, 6.45) is 0.883. The van der Waals surface area contributed by atoms with E-state index < -0.39 is 0 Å². The maximum atomic E-state index is 12.9. The number of benzene rings is 1. The zero-order chi connectivity index (χ0) is 13.0. The summed E-state index contributed by atoms with van der Waals surface area (Å²) in [5, 5.41) is 3.30. The predicted octanol–water partition coefficient (Wildman–Crippen LogP) is 3.82. The van der Waals surface area contributed by atoms with Crippen molar-refractivity contribution in [2.75, 3.05) is 6.54 Å². The van der Waals surface area contributed by atoms with Crippen LogP contribution in [0.3, 0.4) is 0 Å². The van der Waals surface area contributed by atoms with Crippen LogP contribution < -0.4 is 5.32 Å². The van der Waals surface area contributed by atoms with Gasteiger partial charge in [-0.2, -0.15) is 0 Å². The lowest BCUT2D eigenvalue weighted by atomic mass is 10.1. The molecule has 0 saturated carbocycles. The Labute approximate surface area is 114 Å². The zero-order valence-corrected chi connectivity index (χ0v) is 11.8. The molecular formula is C14H15BrFNO. The van der Waals surface area contributed by atoms with E-state index in [-0.39, 0.29) is 5.82 Å². The highest BCUT2D eigenvalue weighted by Gasteiger charge is 2.01. The first-order valence-corrected chi connectivity index (χ1v) is 6.64. The standard InChI is InChI=1S/C14H15BrFNO/c1-10-8-12(16)3-2-11(10)6-7-17-9-13-4-5-14(15)18-13/h2-5,8,17H,6-7,9H2,1H3. The summed E-state index contributed by atoms with van der Waals surface area (Å²) in [4.78, 5) is 0. The largest absolute Gasteiger partial charge is 0.453 e. The molecule has 18 heavy (non-hydrogen) atoms. The zero-order valence-electron chi connectivity index (χ0n) is 10.2. The average molecular weight is 312 g/mol. The van der Waals surface area contributed by atoms with Gasteiger partial charge in [-0.05, 0) is 71.2 Å². The van der Waals surface area contributed by atoms with Crippen LogP contribution in [-0.2, 0) is 13.0 Å². The van der Waals surface area contributed by atoms with Crippen LogP contribution in [0.1, 0.15) is 16.9 Å². The molecule has 0 radical (unpaired) electrons. The molecule has 1 aromatic carbocycles. The van der Waals surface area contributed by atoms with Gasteiger partial charge in [-0.3, -0.25) is 0 Å². The maximum absolute atomic E-state index is 12.9. The first kappa shape index (κ1) is 13.3. The van der Waals surface area contributed by atoms with Crippen molar-refractivity contribution < 1.29 is 8.81 Å². The molecule has 0 saturated heterocycles. The number of hydrogen-bond donors (Lipinski definition) is 1. The Balaban J connectivity index is 1.78. The van der Waals surface area contributed by atoms with E-state index in [2.05, 4.69) is 21.2 Å². The third-order valence-electron chi connectivity index (χ3n) is 2.80. The molecule has 0 aliphatic rings. The first-order valence-electron chi connectivity index (χ1n) is 5.85. The molecule has 0 bridgehead atoms. The predicted molar refractivity (Wildman–Crippen MR) is 73.0 cm³/mol. The second-order valence-electron chi connectivity index (χ2n) is 4.20. The van der Waals surface area contributed by atoms with Crippen molar-refractivity contribution in [2.24, 2.45) is 0 Å². The van der Waals surface area contributed by atoms with Gasteiger partial charge in [-0.1, -0.05) is 6.07 Å². The number of hydrogen-bond acceptors (Lipinski definition) is 2. The maximum Gasteiger partial charge on any atom is 0.169 e.